The highest BCUT2D eigenvalue weighted by Crippen LogP contribution is 2.15. The summed E-state index contributed by atoms with van der Waals surface area (Å²) >= 11 is 0. The molecule has 0 aliphatic heterocycles. The lowest BCUT2D eigenvalue weighted by Crippen LogP contribution is -2.16. The molecule has 0 amide bonds. The number of hydrogen-bond donors (Lipinski definition) is 1. The first-order valence-corrected chi connectivity index (χ1v) is 4.86. The molecule has 0 aliphatic rings. The Hall–Kier alpha value is -1.75. The van der Waals surface area contributed by atoms with E-state index in [1.807, 2.05) is 31.2 Å². The van der Waals surface area contributed by atoms with Crippen molar-refractivity contribution in [3.8, 4) is 12.3 Å². The second kappa shape index (κ2) is 5.21. The van der Waals surface area contributed by atoms with Crippen molar-refractivity contribution in [1.82, 2.24) is 0 Å². The molecule has 2 heteroatoms. The van der Waals surface area contributed by atoms with Gasteiger partial charge in [-0.3, -0.25) is 4.79 Å². The van der Waals surface area contributed by atoms with E-state index < -0.39 is 11.9 Å². The lowest BCUT2D eigenvalue weighted by Gasteiger charge is -2.10. The predicted molar refractivity (Wildman–Crippen MR) is 59.5 cm³/mol. The van der Waals surface area contributed by atoms with Gasteiger partial charge in [0.25, 0.3) is 0 Å². The highest BCUT2D eigenvalue weighted by atomic mass is 16.4. The SMILES string of the molecule is C#CCC(Cc1ccccc1C)C(=O)O. The Morgan fingerprint density at radius 3 is 2.73 bits per heavy atom. The van der Waals surface area contributed by atoms with Crippen LogP contribution in [0.4, 0.5) is 0 Å². The van der Waals surface area contributed by atoms with Crippen LogP contribution >= 0.6 is 0 Å². The van der Waals surface area contributed by atoms with Crippen molar-refractivity contribution in [2.45, 2.75) is 19.8 Å². The number of carboxylic acid groups (broad SMARTS) is 1. The summed E-state index contributed by atoms with van der Waals surface area (Å²) in [5.74, 6) is 1.11. The maximum atomic E-state index is 10.9. The molecule has 1 rings (SSSR count). The smallest absolute Gasteiger partial charge is 0.307 e. The topological polar surface area (TPSA) is 37.3 Å². The van der Waals surface area contributed by atoms with Gasteiger partial charge in [0, 0.05) is 6.42 Å². The lowest BCUT2D eigenvalue weighted by molar-refractivity contribution is -0.141. The quantitative estimate of drug-likeness (QED) is 0.760. The summed E-state index contributed by atoms with van der Waals surface area (Å²) in [5.41, 5.74) is 2.17. The third-order valence-electron chi connectivity index (χ3n) is 2.44. The fourth-order valence-electron chi connectivity index (χ4n) is 1.49. The number of aryl methyl sites for hydroxylation is 1. The molecule has 0 radical (unpaired) electrons. The first-order chi connectivity index (χ1) is 7.15. The molecule has 0 heterocycles. The van der Waals surface area contributed by atoms with Gasteiger partial charge in [-0.1, -0.05) is 24.3 Å². The monoisotopic (exact) mass is 202 g/mol. The van der Waals surface area contributed by atoms with E-state index in [1.165, 1.54) is 0 Å². The van der Waals surface area contributed by atoms with E-state index in [0.29, 0.717) is 6.42 Å². The van der Waals surface area contributed by atoms with Crippen LogP contribution in [0.1, 0.15) is 17.5 Å². The number of rotatable bonds is 4. The zero-order valence-electron chi connectivity index (χ0n) is 8.73. The van der Waals surface area contributed by atoms with Gasteiger partial charge in [-0.05, 0) is 24.5 Å². The highest BCUT2D eigenvalue weighted by molar-refractivity contribution is 5.70. The van der Waals surface area contributed by atoms with Crippen molar-refractivity contribution < 1.29 is 9.90 Å². The summed E-state index contributed by atoms with van der Waals surface area (Å²) in [6, 6.07) is 7.78. The van der Waals surface area contributed by atoms with Gasteiger partial charge in [0.05, 0.1) is 5.92 Å². The number of benzene rings is 1. The fraction of sp³-hybridized carbons (Fsp3) is 0.308. The van der Waals surface area contributed by atoms with Gasteiger partial charge < -0.3 is 5.11 Å². The Morgan fingerprint density at radius 1 is 1.53 bits per heavy atom. The van der Waals surface area contributed by atoms with E-state index in [-0.39, 0.29) is 6.42 Å². The van der Waals surface area contributed by atoms with Crippen LogP contribution in [0, 0.1) is 25.2 Å². The molecule has 0 aliphatic carbocycles. The van der Waals surface area contributed by atoms with Gasteiger partial charge in [-0.15, -0.1) is 12.3 Å². The Morgan fingerprint density at radius 2 is 2.20 bits per heavy atom. The molecule has 0 spiro atoms. The average molecular weight is 202 g/mol. The number of carbonyl (C=O) groups is 1. The van der Waals surface area contributed by atoms with E-state index in [0.717, 1.165) is 11.1 Å². The second-order valence-corrected chi connectivity index (χ2v) is 3.57. The van der Waals surface area contributed by atoms with Gasteiger partial charge >= 0.3 is 5.97 Å². The van der Waals surface area contributed by atoms with Crippen LogP contribution in [0.2, 0.25) is 0 Å². The number of carboxylic acids is 1. The fourth-order valence-corrected chi connectivity index (χ4v) is 1.49. The molecule has 15 heavy (non-hydrogen) atoms. The van der Waals surface area contributed by atoms with E-state index in [1.54, 1.807) is 0 Å². The number of hydrogen-bond acceptors (Lipinski definition) is 1. The number of terminal acetylenes is 1. The van der Waals surface area contributed by atoms with Crippen molar-refractivity contribution >= 4 is 5.97 Å². The van der Waals surface area contributed by atoms with Gasteiger partial charge in [-0.2, -0.15) is 0 Å². The van der Waals surface area contributed by atoms with Gasteiger partial charge in [0.15, 0.2) is 0 Å². The molecule has 1 aromatic rings. The van der Waals surface area contributed by atoms with Crippen LogP contribution in [0.3, 0.4) is 0 Å². The normalized spacial score (nSPS) is 11.7. The Kier molecular flexibility index (Phi) is 3.93. The van der Waals surface area contributed by atoms with Crippen molar-refractivity contribution in [1.29, 1.82) is 0 Å². The largest absolute Gasteiger partial charge is 0.481 e. The predicted octanol–water partition coefficient (Wildman–Crippen LogP) is 2.26. The third kappa shape index (κ3) is 3.14. The summed E-state index contributed by atoms with van der Waals surface area (Å²) in [5, 5.41) is 8.96. The summed E-state index contributed by atoms with van der Waals surface area (Å²) in [7, 11) is 0. The Bertz CT molecular complexity index is 388. The molecule has 0 bridgehead atoms. The summed E-state index contributed by atoms with van der Waals surface area (Å²) < 4.78 is 0. The van der Waals surface area contributed by atoms with Crippen molar-refractivity contribution in [2.75, 3.05) is 0 Å². The molecule has 1 N–H and O–H groups in total. The van der Waals surface area contributed by atoms with E-state index >= 15 is 0 Å². The van der Waals surface area contributed by atoms with Crippen LogP contribution < -0.4 is 0 Å². The van der Waals surface area contributed by atoms with Crippen molar-refractivity contribution in [3.05, 3.63) is 35.4 Å². The highest BCUT2D eigenvalue weighted by Gasteiger charge is 2.17. The first kappa shape index (κ1) is 11.3. The zero-order valence-corrected chi connectivity index (χ0v) is 8.73. The minimum absolute atomic E-state index is 0.281. The van der Waals surface area contributed by atoms with Gasteiger partial charge in [0.1, 0.15) is 0 Å². The molecule has 0 fully saturated rings. The average Bonchev–Trinajstić information content (AvgIpc) is 2.20. The molecule has 78 valence electrons. The van der Waals surface area contributed by atoms with Crippen LogP contribution in [0.5, 0.6) is 0 Å². The minimum atomic E-state index is -0.823. The minimum Gasteiger partial charge on any atom is -0.481 e. The summed E-state index contributed by atoms with van der Waals surface area (Å²) in [6.07, 6.45) is 5.93. The third-order valence-corrected chi connectivity index (χ3v) is 2.44. The molecule has 1 atom stereocenters. The van der Waals surface area contributed by atoms with Crippen LogP contribution in [-0.2, 0) is 11.2 Å². The molecule has 1 aromatic carbocycles. The van der Waals surface area contributed by atoms with Crippen LogP contribution in [-0.4, -0.2) is 11.1 Å². The van der Waals surface area contributed by atoms with E-state index in [9.17, 15) is 4.79 Å². The van der Waals surface area contributed by atoms with E-state index in [2.05, 4.69) is 5.92 Å². The molecular formula is C13H14O2. The molecule has 2 nitrogen and oxygen atoms in total. The molecule has 0 saturated heterocycles. The van der Waals surface area contributed by atoms with Crippen LogP contribution in [0.15, 0.2) is 24.3 Å². The zero-order chi connectivity index (χ0) is 11.3. The first-order valence-electron chi connectivity index (χ1n) is 4.86. The number of aliphatic carboxylic acids is 1. The van der Waals surface area contributed by atoms with Crippen LogP contribution in [0.25, 0.3) is 0 Å². The second-order valence-electron chi connectivity index (χ2n) is 3.57. The molecule has 0 aromatic heterocycles. The molecule has 0 saturated carbocycles. The lowest BCUT2D eigenvalue weighted by atomic mass is 9.94. The maximum Gasteiger partial charge on any atom is 0.307 e. The standard InChI is InChI=1S/C13H14O2/c1-3-6-12(13(14)15)9-11-8-5-4-7-10(11)2/h1,4-5,7-8,12H,6,9H2,2H3,(H,14,15). The Balaban J connectivity index is 2.79. The molecular weight excluding hydrogens is 188 g/mol. The van der Waals surface area contributed by atoms with E-state index in [4.69, 9.17) is 11.5 Å². The van der Waals surface area contributed by atoms with Crippen molar-refractivity contribution in [2.24, 2.45) is 5.92 Å². The summed E-state index contributed by atoms with van der Waals surface area (Å²) in [6.45, 7) is 1.98. The van der Waals surface area contributed by atoms with Crippen molar-refractivity contribution in [3.63, 3.8) is 0 Å². The Labute approximate surface area is 89.9 Å². The molecule has 1 unspecified atom stereocenters. The van der Waals surface area contributed by atoms with Gasteiger partial charge in [0.2, 0.25) is 0 Å². The van der Waals surface area contributed by atoms with Gasteiger partial charge in [-0.25, -0.2) is 0 Å². The summed E-state index contributed by atoms with van der Waals surface area (Å²) in [4.78, 5) is 10.9. The maximum absolute atomic E-state index is 10.9.